The van der Waals surface area contributed by atoms with Crippen LogP contribution in [0.15, 0.2) is 22.7 Å². The highest BCUT2D eigenvalue weighted by atomic mass is 16.6. The maximum atomic E-state index is 11.1. The number of rotatable bonds is 6. The summed E-state index contributed by atoms with van der Waals surface area (Å²) >= 11 is 0. The zero-order valence-electron chi connectivity index (χ0n) is 14.5. The molecule has 2 aromatic rings. The molecule has 0 saturated carbocycles. The van der Waals surface area contributed by atoms with Gasteiger partial charge in [-0.3, -0.25) is 10.1 Å². The summed E-state index contributed by atoms with van der Waals surface area (Å²) in [7, 11) is 1.41. The standard InChI is InChI=1S/C16H22N4O4/c1-10(14-18-15(19-24-14)16(2,3)4)17-9-11-6-7-13(23-5)12(8-11)20(21)22/h6-8,10,17H,9H2,1-5H3. The number of methoxy groups -OCH3 is 1. The van der Waals surface area contributed by atoms with Crippen LogP contribution in [0.2, 0.25) is 0 Å². The van der Waals surface area contributed by atoms with Crippen molar-refractivity contribution in [3.05, 3.63) is 45.6 Å². The van der Waals surface area contributed by atoms with E-state index in [9.17, 15) is 10.1 Å². The van der Waals surface area contributed by atoms with E-state index < -0.39 is 4.92 Å². The van der Waals surface area contributed by atoms with Gasteiger partial charge in [0.2, 0.25) is 5.89 Å². The van der Waals surface area contributed by atoms with Gasteiger partial charge >= 0.3 is 5.69 Å². The zero-order valence-corrected chi connectivity index (χ0v) is 14.5. The molecule has 0 aliphatic carbocycles. The Balaban J connectivity index is 2.06. The molecule has 0 bridgehead atoms. The highest BCUT2D eigenvalue weighted by molar-refractivity contribution is 5.48. The summed E-state index contributed by atoms with van der Waals surface area (Å²) < 4.78 is 10.3. The third-order valence-electron chi connectivity index (χ3n) is 3.54. The molecule has 1 heterocycles. The van der Waals surface area contributed by atoms with Gasteiger partial charge in [0.1, 0.15) is 0 Å². The molecular formula is C16H22N4O4. The van der Waals surface area contributed by atoms with E-state index in [0.29, 0.717) is 18.3 Å². The lowest BCUT2D eigenvalue weighted by Gasteiger charge is -2.12. The van der Waals surface area contributed by atoms with Gasteiger partial charge in [-0.1, -0.05) is 32.0 Å². The van der Waals surface area contributed by atoms with Crippen LogP contribution >= 0.6 is 0 Å². The van der Waals surface area contributed by atoms with Crippen LogP contribution in [-0.2, 0) is 12.0 Å². The second-order valence-electron chi connectivity index (χ2n) is 6.57. The van der Waals surface area contributed by atoms with E-state index in [1.165, 1.54) is 13.2 Å². The van der Waals surface area contributed by atoms with Gasteiger partial charge < -0.3 is 14.6 Å². The van der Waals surface area contributed by atoms with Crippen molar-refractivity contribution in [3.63, 3.8) is 0 Å². The molecule has 1 unspecified atom stereocenters. The molecule has 8 nitrogen and oxygen atoms in total. The smallest absolute Gasteiger partial charge is 0.311 e. The van der Waals surface area contributed by atoms with Crippen LogP contribution < -0.4 is 10.1 Å². The van der Waals surface area contributed by atoms with E-state index >= 15 is 0 Å². The summed E-state index contributed by atoms with van der Waals surface area (Å²) in [5, 5.41) is 18.3. The fourth-order valence-electron chi connectivity index (χ4n) is 2.06. The molecule has 130 valence electrons. The third kappa shape index (κ3) is 4.08. The fourth-order valence-corrected chi connectivity index (χ4v) is 2.06. The van der Waals surface area contributed by atoms with Crippen LogP contribution in [0.25, 0.3) is 0 Å². The normalized spacial score (nSPS) is 12.9. The second-order valence-corrected chi connectivity index (χ2v) is 6.57. The Morgan fingerprint density at radius 3 is 2.67 bits per heavy atom. The number of ether oxygens (including phenoxy) is 1. The summed E-state index contributed by atoms with van der Waals surface area (Å²) in [5.74, 6) is 1.37. The first-order chi connectivity index (χ1) is 11.2. The molecule has 1 aromatic heterocycles. The minimum atomic E-state index is -0.459. The van der Waals surface area contributed by atoms with Gasteiger partial charge in [-0.05, 0) is 18.6 Å². The Kier molecular flexibility index (Phi) is 5.18. The molecule has 0 spiro atoms. The molecule has 1 atom stereocenters. The summed E-state index contributed by atoms with van der Waals surface area (Å²) in [5.41, 5.74) is 0.528. The molecule has 0 saturated heterocycles. The number of hydrogen-bond acceptors (Lipinski definition) is 7. The SMILES string of the molecule is COc1ccc(CNC(C)c2nc(C(C)(C)C)no2)cc1[N+](=O)[O-]. The summed E-state index contributed by atoms with van der Waals surface area (Å²) in [6, 6.07) is 4.69. The largest absolute Gasteiger partial charge is 0.490 e. The maximum Gasteiger partial charge on any atom is 0.311 e. The predicted octanol–water partition coefficient (Wildman–Crippen LogP) is 3.13. The molecule has 0 aliphatic heterocycles. The van der Waals surface area contributed by atoms with Gasteiger partial charge in [-0.25, -0.2) is 0 Å². The zero-order chi connectivity index (χ0) is 17.9. The van der Waals surface area contributed by atoms with Crippen molar-refractivity contribution in [1.82, 2.24) is 15.5 Å². The van der Waals surface area contributed by atoms with Crippen molar-refractivity contribution in [1.29, 1.82) is 0 Å². The molecule has 8 heteroatoms. The highest BCUT2D eigenvalue weighted by Gasteiger charge is 2.23. The number of nitrogens with zero attached hydrogens (tertiary/aromatic N) is 3. The van der Waals surface area contributed by atoms with Crippen LogP contribution in [-0.4, -0.2) is 22.2 Å². The molecule has 2 rings (SSSR count). The lowest BCUT2D eigenvalue weighted by Crippen LogP contribution is -2.19. The van der Waals surface area contributed by atoms with E-state index in [4.69, 9.17) is 9.26 Å². The van der Waals surface area contributed by atoms with Crippen LogP contribution in [0.4, 0.5) is 5.69 Å². The topological polar surface area (TPSA) is 103 Å². The Hall–Kier alpha value is -2.48. The Morgan fingerprint density at radius 2 is 2.12 bits per heavy atom. The number of nitro groups is 1. The number of hydrogen-bond donors (Lipinski definition) is 1. The lowest BCUT2D eigenvalue weighted by molar-refractivity contribution is -0.385. The van der Waals surface area contributed by atoms with Gasteiger partial charge in [-0.15, -0.1) is 0 Å². The average Bonchev–Trinajstić information content (AvgIpc) is 3.02. The highest BCUT2D eigenvalue weighted by Crippen LogP contribution is 2.27. The summed E-state index contributed by atoms with van der Waals surface area (Å²) in [6.07, 6.45) is 0. The number of nitro benzene ring substituents is 1. The summed E-state index contributed by atoms with van der Waals surface area (Å²) in [4.78, 5) is 15.0. The van der Waals surface area contributed by atoms with E-state index in [-0.39, 0.29) is 22.9 Å². The van der Waals surface area contributed by atoms with Crippen molar-refractivity contribution in [2.24, 2.45) is 0 Å². The quantitative estimate of drug-likeness (QED) is 0.639. The third-order valence-corrected chi connectivity index (χ3v) is 3.54. The molecule has 0 aliphatic rings. The molecule has 1 aromatic carbocycles. The first-order valence-electron chi connectivity index (χ1n) is 7.61. The van der Waals surface area contributed by atoms with Crippen molar-refractivity contribution >= 4 is 5.69 Å². The Labute approximate surface area is 140 Å². The van der Waals surface area contributed by atoms with Gasteiger partial charge in [0.05, 0.1) is 18.1 Å². The average molecular weight is 334 g/mol. The molecule has 0 fully saturated rings. The fraction of sp³-hybridized carbons (Fsp3) is 0.500. The molecule has 0 amide bonds. The van der Waals surface area contributed by atoms with Gasteiger partial charge in [-0.2, -0.15) is 4.98 Å². The van der Waals surface area contributed by atoms with Crippen molar-refractivity contribution < 1.29 is 14.2 Å². The molecule has 24 heavy (non-hydrogen) atoms. The van der Waals surface area contributed by atoms with Crippen LogP contribution in [0, 0.1) is 10.1 Å². The lowest BCUT2D eigenvalue weighted by atomic mass is 9.96. The maximum absolute atomic E-state index is 11.1. The van der Waals surface area contributed by atoms with Crippen LogP contribution in [0.5, 0.6) is 5.75 Å². The Bertz CT molecular complexity index is 721. The minimum absolute atomic E-state index is 0.0581. The van der Waals surface area contributed by atoms with Crippen molar-refractivity contribution in [2.75, 3.05) is 7.11 Å². The van der Waals surface area contributed by atoms with E-state index in [1.807, 2.05) is 27.7 Å². The van der Waals surface area contributed by atoms with Gasteiger partial charge in [0, 0.05) is 18.0 Å². The molecule has 1 N–H and O–H groups in total. The minimum Gasteiger partial charge on any atom is -0.490 e. The van der Waals surface area contributed by atoms with Gasteiger partial charge in [0.15, 0.2) is 11.6 Å². The van der Waals surface area contributed by atoms with E-state index in [0.717, 1.165) is 5.56 Å². The molecule has 0 radical (unpaired) electrons. The second kappa shape index (κ2) is 6.96. The number of benzene rings is 1. The summed E-state index contributed by atoms with van der Waals surface area (Å²) in [6.45, 7) is 8.36. The van der Waals surface area contributed by atoms with Crippen LogP contribution in [0.1, 0.15) is 51.0 Å². The first-order valence-corrected chi connectivity index (χ1v) is 7.61. The first kappa shape index (κ1) is 17.9. The van der Waals surface area contributed by atoms with Crippen molar-refractivity contribution in [3.8, 4) is 5.75 Å². The van der Waals surface area contributed by atoms with Crippen LogP contribution in [0.3, 0.4) is 0 Å². The van der Waals surface area contributed by atoms with E-state index in [2.05, 4.69) is 15.5 Å². The number of nitrogens with one attached hydrogen (secondary N) is 1. The predicted molar refractivity (Wildman–Crippen MR) is 87.9 cm³/mol. The Morgan fingerprint density at radius 1 is 1.42 bits per heavy atom. The van der Waals surface area contributed by atoms with Gasteiger partial charge in [0.25, 0.3) is 0 Å². The monoisotopic (exact) mass is 334 g/mol. The molecular weight excluding hydrogens is 312 g/mol. The van der Waals surface area contributed by atoms with E-state index in [1.54, 1.807) is 12.1 Å². The van der Waals surface area contributed by atoms with Crippen molar-refractivity contribution in [2.45, 2.75) is 45.7 Å². The number of aromatic nitrogens is 2.